The first kappa shape index (κ1) is 16.4. The standard InChI is InChI=1S/C14H10F3N3O3S/c15-14(16,17)7-2-1-3-8-12(7)19-13(24-8)18-9(21)6-20-10(22)4-5-11(20)23/h1-3H,4-6H2,(H,18,19,21). The molecule has 6 nitrogen and oxygen atoms in total. The number of alkyl halides is 3. The number of nitrogens with zero attached hydrogens (tertiary/aromatic N) is 2. The van der Waals surface area contributed by atoms with E-state index in [0.717, 1.165) is 22.3 Å². The molecule has 0 bridgehead atoms. The zero-order valence-corrected chi connectivity index (χ0v) is 12.8. The maximum atomic E-state index is 12.9. The van der Waals surface area contributed by atoms with Crippen LogP contribution in [0.4, 0.5) is 18.3 Å². The van der Waals surface area contributed by atoms with Crippen molar-refractivity contribution in [3.8, 4) is 0 Å². The van der Waals surface area contributed by atoms with E-state index in [1.807, 2.05) is 0 Å². The van der Waals surface area contributed by atoms with E-state index in [-0.39, 0.29) is 28.2 Å². The predicted octanol–water partition coefficient (Wildman–Crippen LogP) is 2.40. The number of para-hydroxylation sites is 1. The predicted molar refractivity (Wildman–Crippen MR) is 79.2 cm³/mol. The summed E-state index contributed by atoms with van der Waals surface area (Å²) in [5.41, 5.74) is -1.14. The molecule has 1 aromatic carbocycles. The lowest BCUT2D eigenvalue weighted by Gasteiger charge is -2.12. The molecule has 1 saturated heterocycles. The molecule has 0 radical (unpaired) electrons. The molecule has 0 unspecified atom stereocenters. The Morgan fingerprint density at radius 3 is 2.54 bits per heavy atom. The normalized spacial score (nSPS) is 15.4. The molecule has 1 fully saturated rings. The van der Waals surface area contributed by atoms with Gasteiger partial charge in [0.25, 0.3) is 0 Å². The SMILES string of the molecule is O=C(CN1C(=O)CCC1=O)Nc1nc2c(C(F)(F)F)cccc2s1. The molecule has 0 spiro atoms. The summed E-state index contributed by atoms with van der Waals surface area (Å²) in [7, 11) is 0. The Bertz CT molecular complexity index is 831. The van der Waals surface area contributed by atoms with E-state index in [1.54, 1.807) is 0 Å². The average molecular weight is 357 g/mol. The minimum Gasteiger partial charge on any atom is -0.300 e. The molecular formula is C14H10F3N3O3S. The summed E-state index contributed by atoms with van der Waals surface area (Å²) in [4.78, 5) is 39.4. The number of imide groups is 1. The van der Waals surface area contributed by atoms with Gasteiger partial charge >= 0.3 is 6.18 Å². The van der Waals surface area contributed by atoms with Crippen LogP contribution in [0.3, 0.4) is 0 Å². The second kappa shape index (κ2) is 5.86. The molecule has 1 aliphatic heterocycles. The summed E-state index contributed by atoms with van der Waals surface area (Å²) in [6, 6.07) is 3.64. The van der Waals surface area contributed by atoms with Crippen LogP contribution in [-0.4, -0.2) is 34.2 Å². The number of aromatic nitrogens is 1. The quantitative estimate of drug-likeness (QED) is 0.856. The molecule has 1 aromatic heterocycles. The molecule has 3 rings (SSSR count). The van der Waals surface area contributed by atoms with Crippen LogP contribution < -0.4 is 5.32 Å². The van der Waals surface area contributed by atoms with Gasteiger partial charge < -0.3 is 5.32 Å². The summed E-state index contributed by atoms with van der Waals surface area (Å²) in [5.74, 6) is -1.58. The summed E-state index contributed by atoms with van der Waals surface area (Å²) in [6.45, 7) is -0.473. The summed E-state index contributed by atoms with van der Waals surface area (Å²) in [6.07, 6.45) is -4.44. The molecule has 1 N–H and O–H groups in total. The van der Waals surface area contributed by atoms with E-state index >= 15 is 0 Å². The van der Waals surface area contributed by atoms with Crippen LogP contribution in [0.2, 0.25) is 0 Å². The average Bonchev–Trinajstić information content (AvgIpc) is 3.03. The van der Waals surface area contributed by atoms with Crippen molar-refractivity contribution in [3.05, 3.63) is 23.8 Å². The van der Waals surface area contributed by atoms with Crippen LogP contribution in [0.1, 0.15) is 18.4 Å². The van der Waals surface area contributed by atoms with Gasteiger partial charge in [0.15, 0.2) is 5.13 Å². The van der Waals surface area contributed by atoms with Crippen LogP contribution in [0, 0.1) is 0 Å². The molecule has 0 saturated carbocycles. The van der Waals surface area contributed by atoms with Crippen molar-refractivity contribution in [1.82, 2.24) is 9.88 Å². The maximum absolute atomic E-state index is 12.9. The highest BCUT2D eigenvalue weighted by Crippen LogP contribution is 2.37. The van der Waals surface area contributed by atoms with Crippen LogP contribution >= 0.6 is 11.3 Å². The molecule has 126 valence electrons. The van der Waals surface area contributed by atoms with E-state index in [0.29, 0.717) is 0 Å². The first-order valence-corrected chi connectivity index (χ1v) is 7.67. The molecule has 0 aliphatic carbocycles. The number of thiazole rings is 1. The highest BCUT2D eigenvalue weighted by atomic mass is 32.1. The third kappa shape index (κ3) is 3.09. The van der Waals surface area contributed by atoms with Gasteiger partial charge in [-0.1, -0.05) is 17.4 Å². The molecule has 24 heavy (non-hydrogen) atoms. The van der Waals surface area contributed by atoms with E-state index in [1.165, 1.54) is 12.1 Å². The molecule has 2 heterocycles. The van der Waals surface area contributed by atoms with Crippen LogP contribution in [0.25, 0.3) is 10.2 Å². The van der Waals surface area contributed by atoms with Crippen molar-refractivity contribution in [2.75, 3.05) is 11.9 Å². The van der Waals surface area contributed by atoms with Gasteiger partial charge in [-0.3, -0.25) is 19.3 Å². The fourth-order valence-corrected chi connectivity index (χ4v) is 3.24. The molecule has 0 atom stereocenters. The van der Waals surface area contributed by atoms with Crippen molar-refractivity contribution in [2.24, 2.45) is 0 Å². The number of carbonyl (C=O) groups excluding carboxylic acids is 3. The molecule has 10 heteroatoms. The van der Waals surface area contributed by atoms with Gasteiger partial charge in [0.05, 0.1) is 15.8 Å². The van der Waals surface area contributed by atoms with Gasteiger partial charge in [-0.2, -0.15) is 13.2 Å². The number of rotatable bonds is 3. The first-order chi connectivity index (χ1) is 11.3. The van der Waals surface area contributed by atoms with Crippen molar-refractivity contribution in [2.45, 2.75) is 19.0 Å². The third-order valence-electron chi connectivity index (χ3n) is 3.43. The number of carbonyl (C=O) groups is 3. The van der Waals surface area contributed by atoms with Gasteiger partial charge in [0.2, 0.25) is 17.7 Å². The maximum Gasteiger partial charge on any atom is 0.418 e. The van der Waals surface area contributed by atoms with Crippen molar-refractivity contribution in [1.29, 1.82) is 0 Å². The van der Waals surface area contributed by atoms with Gasteiger partial charge in [-0.25, -0.2) is 4.98 Å². The van der Waals surface area contributed by atoms with E-state index in [2.05, 4.69) is 10.3 Å². The first-order valence-electron chi connectivity index (χ1n) is 6.85. The summed E-state index contributed by atoms with van der Waals surface area (Å²) >= 11 is 0.884. The number of nitrogens with one attached hydrogen (secondary N) is 1. The summed E-state index contributed by atoms with van der Waals surface area (Å²) in [5, 5.41) is 2.31. The van der Waals surface area contributed by atoms with Gasteiger partial charge in [-0.05, 0) is 12.1 Å². The lowest BCUT2D eigenvalue weighted by Crippen LogP contribution is -2.36. The van der Waals surface area contributed by atoms with Crippen LogP contribution in [0.5, 0.6) is 0 Å². The number of benzene rings is 1. The highest BCUT2D eigenvalue weighted by Gasteiger charge is 2.34. The second-order valence-electron chi connectivity index (χ2n) is 5.09. The van der Waals surface area contributed by atoms with E-state index in [9.17, 15) is 27.6 Å². The lowest BCUT2D eigenvalue weighted by molar-refractivity contribution is -0.141. The van der Waals surface area contributed by atoms with Crippen molar-refractivity contribution >= 4 is 44.4 Å². The van der Waals surface area contributed by atoms with Gasteiger partial charge in [0, 0.05) is 12.8 Å². The van der Waals surface area contributed by atoms with Crippen LogP contribution in [0.15, 0.2) is 18.2 Å². The molecular weight excluding hydrogens is 347 g/mol. The lowest BCUT2D eigenvalue weighted by atomic mass is 10.2. The van der Waals surface area contributed by atoms with Crippen LogP contribution in [-0.2, 0) is 20.6 Å². The Labute approximate surface area is 137 Å². The number of halogens is 3. The number of likely N-dealkylation sites (tertiary alicyclic amines) is 1. The number of hydrogen-bond donors (Lipinski definition) is 1. The Morgan fingerprint density at radius 2 is 1.92 bits per heavy atom. The fourth-order valence-electron chi connectivity index (χ4n) is 2.33. The second-order valence-corrected chi connectivity index (χ2v) is 6.12. The number of hydrogen-bond acceptors (Lipinski definition) is 5. The zero-order valence-electron chi connectivity index (χ0n) is 12.0. The number of amides is 3. The number of anilines is 1. The van der Waals surface area contributed by atoms with Gasteiger partial charge in [0.1, 0.15) is 6.54 Å². The van der Waals surface area contributed by atoms with Crippen molar-refractivity contribution < 1.29 is 27.6 Å². The molecule has 3 amide bonds. The minimum absolute atomic E-state index is 0.0224. The highest BCUT2D eigenvalue weighted by molar-refractivity contribution is 7.22. The molecule has 1 aliphatic rings. The van der Waals surface area contributed by atoms with Crippen molar-refractivity contribution in [3.63, 3.8) is 0 Å². The Balaban J connectivity index is 1.79. The molecule has 2 aromatic rings. The monoisotopic (exact) mass is 357 g/mol. The van der Waals surface area contributed by atoms with E-state index in [4.69, 9.17) is 0 Å². The van der Waals surface area contributed by atoms with E-state index < -0.39 is 36.0 Å². The Kier molecular flexibility index (Phi) is 3.99. The van der Waals surface area contributed by atoms with Gasteiger partial charge in [-0.15, -0.1) is 0 Å². The topological polar surface area (TPSA) is 79.4 Å². The third-order valence-corrected chi connectivity index (χ3v) is 4.36. The number of fused-ring (bicyclic) bond motifs is 1. The Morgan fingerprint density at radius 1 is 1.25 bits per heavy atom. The minimum atomic E-state index is -4.55. The largest absolute Gasteiger partial charge is 0.418 e. The zero-order chi connectivity index (χ0) is 17.5. The smallest absolute Gasteiger partial charge is 0.300 e. The summed E-state index contributed by atoms with van der Waals surface area (Å²) < 4.78 is 39.1. The Hall–Kier alpha value is -2.49. The fraction of sp³-hybridized carbons (Fsp3) is 0.286.